The Labute approximate surface area is 156 Å². The van der Waals surface area contributed by atoms with Gasteiger partial charge in [-0.25, -0.2) is 0 Å². The van der Waals surface area contributed by atoms with Gasteiger partial charge in [0.15, 0.2) is 5.60 Å². The van der Waals surface area contributed by atoms with Crippen molar-refractivity contribution in [2.45, 2.75) is 24.2 Å². The van der Waals surface area contributed by atoms with Gasteiger partial charge in [0.2, 0.25) is 5.91 Å². The summed E-state index contributed by atoms with van der Waals surface area (Å²) >= 11 is 0. The molecule has 7 heteroatoms. The molecule has 0 heterocycles. The largest absolute Gasteiger partial charge is 0.421 e. The fourth-order valence-electron chi connectivity index (χ4n) is 2.95. The van der Waals surface area contributed by atoms with E-state index in [4.69, 9.17) is 0 Å². The molecule has 0 aliphatic heterocycles. The van der Waals surface area contributed by atoms with Crippen LogP contribution in [0.4, 0.5) is 13.2 Å². The van der Waals surface area contributed by atoms with Gasteiger partial charge in [-0.3, -0.25) is 9.69 Å². The number of carbonyl (C=O) groups excluding carboxylic acids is 1. The molecule has 1 amide bonds. The number of carbonyl (C=O) groups is 1. The molecule has 2 unspecified atom stereocenters. The van der Waals surface area contributed by atoms with Crippen molar-refractivity contribution in [2.24, 2.45) is 0 Å². The predicted octanol–water partition coefficient (Wildman–Crippen LogP) is 3.25. The van der Waals surface area contributed by atoms with Crippen LogP contribution in [0.5, 0.6) is 0 Å². The zero-order valence-corrected chi connectivity index (χ0v) is 15.2. The van der Waals surface area contributed by atoms with Crippen LogP contribution < -0.4 is 5.32 Å². The molecule has 0 saturated carbocycles. The standard InChI is InChI=1S/C20H23F3N2O2/c1-25(2)17(15-9-5-3-6-10-15)18(26)24-14-13-19(27,20(21,22)23)16-11-7-4-8-12-16/h3-12,17,27H,13-14H2,1-2H3,(H,24,26). The Morgan fingerprint density at radius 1 is 1.04 bits per heavy atom. The molecule has 2 atom stereocenters. The van der Waals surface area contributed by atoms with Crippen LogP contribution >= 0.6 is 0 Å². The third-order valence-corrected chi connectivity index (χ3v) is 4.39. The van der Waals surface area contributed by atoms with Crippen LogP contribution in [-0.4, -0.2) is 42.7 Å². The summed E-state index contributed by atoms with van der Waals surface area (Å²) in [4.78, 5) is 14.2. The van der Waals surface area contributed by atoms with Gasteiger partial charge < -0.3 is 10.4 Å². The lowest BCUT2D eigenvalue weighted by atomic mass is 9.89. The fraction of sp³-hybridized carbons (Fsp3) is 0.350. The average Bonchev–Trinajstić information content (AvgIpc) is 2.62. The lowest BCUT2D eigenvalue weighted by Crippen LogP contribution is -2.46. The Kier molecular flexibility index (Phi) is 6.62. The summed E-state index contributed by atoms with van der Waals surface area (Å²) in [6.07, 6.45) is -5.54. The Morgan fingerprint density at radius 3 is 2.04 bits per heavy atom. The van der Waals surface area contributed by atoms with Crippen molar-refractivity contribution in [3.8, 4) is 0 Å². The lowest BCUT2D eigenvalue weighted by molar-refractivity contribution is -0.268. The van der Waals surface area contributed by atoms with E-state index in [0.717, 1.165) is 5.56 Å². The molecular formula is C20H23F3N2O2. The summed E-state index contributed by atoms with van der Waals surface area (Å²) in [5.74, 6) is -0.427. The lowest BCUT2D eigenvalue weighted by Gasteiger charge is -2.31. The number of aliphatic hydroxyl groups is 1. The van der Waals surface area contributed by atoms with Crippen molar-refractivity contribution in [3.05, 3.63) is 71.8 Å². The van der Waals surface area contributed by atoms with E-state index < -0.39 is 30.1 Å². The third kappa shape index (κ3) is 4.87. The first kappa shape index (κ1) is 20.9. The molecule has 2 N–H and O–H groups in total. The predicted molar refractivity (Wildman–Crippen MR) is 96.9 cm³/mol. The van der Waals surface area contributed by atoms with Crippen LogP contribution in [-0.2, 0) is 10.4 Å². The zero-order chi connectivity index (χ0) is 20.1. The molecule has 2 aromatic rings. The molecule has 0 saturated heterocycles. The van der Waals surface area contributed by atoms with Crippen molar-refractivity contribution in [2.75, 3.05) is 20.6 Å². The number of benzene rings is 2. The first-order valence-electron chi connectivity index (χ1n) is 8.50. The van der Waals surface area contributed by atoms with Crippen molar-refractivity contribution in [1.29, 1.82) is 0 Å². The third-order valence-electron chi connectivity index (χ3n) is 4.39. The van der Waals surface area contributed by atoms with E-state index in [1.807, 2.05) is 6.07 Å². The van der Waals surface area contributed by atoms with E-state index >= 15 is 0 Å². The normalized spacial score (nSPS) is 15.2. The molecule has 2 aromatic carbocycles. The van der Waals surface area contributed by atoms with Crippen molar-refractivity contribution < 1.29 is 23.1 Å². The second-order valence-electron chi connectivity index (χ2n) is 6.54. The highest BCUT2D eigenvalue weighted by Crippen LogP contribution is 2.41. The number of hydrogen-bond acceptors (Lipinski definition) is 3. The smallest absolute Gasteiger partial charge is 0.376 e. The number of nitrogens with one attached hydrogen (secondary N) is 1. The summed E-state index contributed by atoms with van der Waals surface area (Å²) in [5, 5.41) is 12.8. The van der Waals surface area contributed by atoms with Crippen molar-refractivity contribution in [1.82, 2.24) is 10.2 Å². The van der Waals surface area contributed by atoms with Gasteiger partial charge in [-0.2, -0.15) is 13.2 Å². The number of nitrogens with zero attached hydrogens (tertiary/aromatic N) is 1. The monoisotopic (exact) mass is 380 g/mol. The highest BCUT2D eigenvalue weighted by molar-refractivity contribution is 5.83. The zero-order valence-electron chi connectivity index (χ0n) is 15.2. The van der Waals surface area contributed by atoms with E-state index in [2.05, 4.69) is 5.32 Å². The van der Waals surface area contributed by atoms with Gasteiger partial charge in [0, 0.05) is 13.0 Å². The number of amides is 1. The fourth-order valence-corrected chi connectivity index (χ4v) is 2.95. The quantitative estimate of drug-likeness (QED) is 0.775. The number of hydrogen-bond donors (Lipinski definition) is 2. The maximum atomic E-state index is 13.5. The van der Waals surface area contributed by atoms with E-state index in [0.29, 0.717) is 0 Å². The van der Waals surface area contributed by atoms with E-state index in [9.17, 15) is 23.1 Å². The van der Waals surface area contributed by atoms with E-state index in [1.54, 1.807) is 49.3 Å². The number of alkyl halides is 3. The second-order valence-corrected chi connectivity index (χ2v) is 6.54. The number of rotatable bonds is 7. The van der Waals surface area contributed by atoms with Gasteiger partial charge in [0.25, 0.3) is 0 Å². The summed E-state index contributed by atoms with van der Waals surface area (Å²) in [5.41, 5.74) is -2.55. The molecule has 27 heavy (non-hydrogen) atoms. The van der Waals surface area contributed by atoms with Gasteiger partial charge in [0.05, 0.1) is 0 Å². The van der Waals surface area contributed by atoms with E-state index in [-0.39, 0.29) is 12.1 Å². The molecular weight excluding hydrogens is 357 g/mol. The second kappa shape index (κ2) is 8.54. The molecule has 4 nitrogen and oxygen atoms in total. The first-order chi connectivity index (χ1) is 12.7. The van der Waals surface area contributed by atoms with Crippen LogP contribution in [0.1, 0.15) is 23.6 Å². The maximum absolute atomic E-state index is 13.5. The van der Waals surface area contributed by atoms with Crippen LogP contribution in [0, 0.1) is 0 Å². The molecule has 0 bridgehead atoms. The van der Waals surface area contributed by atoms with Crippen molar-refractivity contribution in [3.63, 3.8) is 0 Å². The highest BCUT2D eigenvalue weighted by atomic mass is 19.4. The van der Waals surface area contributed by atoms with Crippen LogP contribution in [0.3, 0.4) is 0 Å². The molecule has 0 radical (unpaired) electrons. The van der Waals surface area contributed by atoms with Gasteiger partial charge in [-0.15, -0.1) is 0 Å². The summed E-state index contributed by atoms with van der Waals surface area (Å²) < 4.78 is 40.5. The Balaban J connectivity index is 2.11. The van der Waals surface area contributed by atoms with Gasteiger partial charge in [-0.05, 0) is 25.2 Å². The SMILES string of the molecule is CN(C)C(C(=O)NCCC(O)(c1ccccc1)C(F)(F)F)c1ccccc1. The topological polar surface area (TPSA) is 52.6 Å². The van der Waals surface area contributed by atoms with Crippen LogP contribution in [0.15, 0.2) is 60.7 Å². The minimum atomic E-state index is -4.86. The van der Waals surface area contributed by atoms with Crippen molar-refractivity contribution >= 4 is 5.91 Å². The molecule has 0 aliphatic rings. The number of likely N-dealkylation sites (N-methyl/N-ethyl adjacent to an activating group) is 1. The molecule has 0 fully saturated rings. The molecule has 0 aromatic heterocycles. The summed E-state index contributed by atoms with van der Waals surface area (Å²) in [6, 6.07) is 15.2. The molecule has 0 aliphatic carbocycles. The molecule has 2 rings (SSSR count). The maximum Gasteiger partial charge on any atom is 0.421 e. The van der Waals surface area contributed by atoms with E-state index in [1.165, 1.54) is 24.3 Å². The minimum Gasteiger partial charge on any atom is -0.376 e. The molecule has 146 valence electrons. The Bertz CT molecular complexity index is 736. The summed E-state index contributed by atoms with van der Waals surface area (Å²) in [6.45, 7) is -0.319. The minimum absolute atomic E-state index is 0.251. The summed E-state index contributed by atoms with van der Waals surface area (Å²) in [7, 11) is 3.43. The molecule has 0 spiro atoms. The van der Waals surface area contributed by atoms with Gasteiger partial charge in [-0.1, -0.05) is 60.7 Å². The van der Waals surface area contributed by atoms with Gasteiger partial charge in [0.1, 0.15) is 6.04 Å². The van der Waals surface area contributed by atoms with Crippen LogP contribution in [0.25, 0.3) is 0 Å². The average molecular weight is 380 g/mol. The Hall–Kier alpha value is -2.38. The first-order valence-corrected chi connectivity index (χ1v) is 8.50. The highest BCUT2D eigenvalue weighted by Gasteiger charge is 2.54. The Morgan fingerprint density at radius 2 is 1.56 bits per heavy atom. The van der Waals surface area contributed by atoms with Gasteiger partial charge >= 0.3 is 6.18 Å². The van der Waals surface area contributed by atoms with Crippen LogP contribution in [0.2, 0.25) is 0 Å². The number of halogens is 3.